The van der Waals surface area contributed by atoms with Crippen LogP contribution >= 0.6 is 0 Å². The molecule has 1 aliphatic rings. The van der Waals surface area contributed by atoms with E-state index >= 15 is 0 Å². The molecule has 3 rings (SSSR count). The smallest absolute Gasteiger partial charge is 0.339 e. The highest BCUT2D eigenvalue weighted by Crippen LogP contribution is 2.19. The molecule has 2 aromatic rings. The summed E-state index contributed by atoms with van der Waals surface area (Å²) < 4.78 is 10.6. The Morgan fingerprint density at radius 2 is 2.04 bits per heavy atom. The Morgan fingerprint density at radius 3 is 2.75 bits per heavy atom. The monoisotopic (exact) mass is 327 g/mol. The van der Waals surface area contributed by atoms with Crippen LogP contribution in [-0.2, 0) is 11.2 Å². The second kappa shape index (κ2) is 6.91. The Labute approximate surface area is 140 Å². The number of benzene rings is 1. The number of nitrogens with zero attached hydrogens (tertiary/aromatic N) is 1. The number of ether oxygens (including phenoxy) is 1. The van der Waals surface area contributed by atoms with Crippen LogP contribution < -0.4 is 10.4 Å². The molecule has 0 saturated carbocycles. The summed E-state index contributed by atoms with van der Waals surface area (Å²) in [5.74, 6) is 1.16. The average molecular weight is 327 g/mol. The zero-order valence-corrected chi connectivity index (χ0v) is 14.0. The molecule has 2 heterocycles. The first-order valence-corrected chi connectivity index (χ1v) is 8.11. The molecule has 5 heteroatoms. The molecule has 0 spiro atoms. The Balaban J connectivity index is 1.45. The number of carbonyl (C=O) groups excluding carboxylic acids is 1. The van der Waals surface area contributed by atoms with Crippen molar-refractivity contribution in [1.82, 2.24) is 4.90 Å². The lowest BCUT2D eigenvalue weighted by Gasteiger charge is -2.39. The van der Waals surface area contributed by atoms with Gasteiger partial charge >= 0.3 is 5.63 Å². The molecule has 1 amide bonds. The summed E-state index contributed by atoms with van der Waals surface area (Å²) >= 11 is 0. The summed E-state index contributed by atoms with van der Waals surface area (Å²) in [6.07, 6.45) is 1.19. The number of hydrogen-bond donors (Lipinski definition) is 0. The first-order chi connectivity index (χ1) is 11.5. The summed E-state index contributed by atoms with van der Waals surface area (Å²) in [4.78, 5) is 25.3. The van der Waals surface area contributed by atoms with Crippen LogP contribution in [0.25, 0.3) is 0 Å². The maximum absolute atomic E-state index is 12.2. The van der Waals surface area contributed by atoms with Crippen molar-refractivity contribution >= 4 is 5.91 Å². The molecule has 1 aromatic carbocycles. The van der Waals surface area contributed by atoms with Gasteiger partial charge < -0.3 is 14.1 Å². The molecule has 1 aromatic heterocycles. The second-order valence-electron chi connectivity index (χ2n) is 6.25. The normalized spacial score (nSPS) is 14.3. The summed E-state index contributed by atoms with van der Waals surface area (Å²) in [6.45, 7) is 4.88. The zero-order chi connectivity index (χ0) is 17.1. The van der Waals surface area contributed by atoms with Gasteiger partial charge in [0, 0.05) is 12.5 Å². The van der Waals surface area contributed by atoms with Crippen LogP contribution in [0.5, 0.6) is 5.75 Å². The van der Waals surface area contributed by atoms with Gasteiger partial charge in [-0.2, -0.15) is 0 Å². The molecule has 0 unspecified atom stereocenters. The lowest BCUT2D eigenvalue weighted by atomic mass is 10.1. The Morgan fingerprint density at radius 1 is 1.25 bits per heavy atom. The van der Waals surface area contributed by atoms with Crippen molar-refractivity contribution in [2.75, 3.05) is 13.1 Å². The van der Waals surface area contributed by atoms with Gasteiger partial charge in [-0.1, -0.05) is 29.8 Å². The van der Waals surface area contributed by atoms with Gasteiger partial charge in [0.25, 0.3) is 0 Å². The second-order valence-corrected chi connectivity index (χ2v) is 6.25. The number of aryl methyl sites for hydroxylation is 3. The van der Waals surface area contributed by atoms with Gasteiger partial charge in [0.2, 0.25) is 5.91 Å². The summed E-state index contributed by atoms with van der Waals surface area (Å²) in [7, 11) is 0. The minimum Gasteiger partial charge on any atom is -0.486 e. The summed E-state index contributed by atoms with van der Waals surface area (Å²) in [5.41, 5.74) is 1.97. The van der Waals surface area contributed by atoms with Crippen LogP contribution in [0.2, 0.25) is 0 Å². The maximum atomic E-state index is 12.2. The molecule has 0 atom stereocenters. The Bertz CT molecular complexity index is 790. The molecule has 0 radical (unpaired) electrons. The van der Waals surface area contributed by atoms with E-state index in [4.69, 9.17) is 9.15 Å². The highest BCUT2D eigenvalue weighted by atomic mass is 16.5. The van der Waals surface area contributed by atoms with Crippen molar-refractivity contribution < 1.29 is 13.9 Å². The van der Waals surface area contributed by atoms with E-state index in [2.05, 4.69) is 19.1 Å². The quantitative estimate of drug-likeness (QED) is 0.846. The van der Waals surface area contributed by atoms with E-state index in [0.717, 1.165) is 6.42 Å². The van der Waals surface area contributed by atoms with Crippen LogP contribution in [0.15, 0.2) is 45.6 Å². The van der Waals surface area contributed by atoms with Crippen molar-refractivity contribution in [3.05, 3.63) is 63.7 Å². The largest absolute Gasteiger partial charge is 0.486 e. The highest BCUT2D eigenvalue weighted by molar-refractivity contribution is 5.77. The molecular weight excluding hydrogens is 306 g/mol. The van der Waals surface area contributed by atoms with Gasteiger partial charge in [-0.15, -0.1) is 0 Å². The van der Waals surface area contributed by atoms with Crippen LogP contribution in [0.3, 0.4) is 0 Å². The lowest BCUT2D eigenvalue weighted by molar-refractivity contribution is -0.139. The molecule has 0 aliphatic carbocycles. The van der Waals surface area contributed by atoms with Gasteiger partial charge in [-0.3, -0.25) is 4.79 Å². The molecule has 0 N–H and O–H groups in total. The minimum absolute atomic E-state index is 0.0610. The highest BCUT2D eigenvalue weighted by Gasteiger charge is 2.32. The molecular formula is C19H21NO4. The van der Waals surface area contributed by atoms with Gasteiger partial charge in [0.15, 0.2) is 0 Å². The molecule has 0 bridgehead atoms. The Kier molecular flexibility index (Phi) is 4.69. The van der Waals surface area contributed by atoms with Crippen molar-refractivity contribution in [2.45, 2.75) is 32.8 Å². The van der Waals surface area contributed by atoms with Gasteiger partial charge in [0.1, 0.15) is 17.6 Å². The zero-order valence-electron chi connectivity index (χ0n) is 14.0. The molecule has 1 fully saturated rings. The van der Waals surface area contributed by atoms with Gasteiger partial charge in [-0.05, 0) is 25.8 Å². The predicted octanol–water partition coefficient (Wildman–Crippen LogP) is 2.48. The third-order valence-electron chi connectivity index (χ3n) is 4.08. The van der Waals surface area contributed by atoms with Crippen LogP contribution in [0, 0.1) is 13.8 Å². The van der Waals surface area contributed by atoms with E-state index in [1.54, 1.807) is 17.9 Å². The average Bonchev–Trinajstić information content (AvgIpc) is 2.47. The predicted molar refractivity (Wildman–Crippen MR) is 90.2 cm³/mol. The van der Waals surface area contributed by atoms with E-state index in [-0.39, 0.29) is 12.0 Å². The third-order valence-corrected chi connectivity index (χ3v) is 4.08. The molecule has 24 heavy (non-hydrogen) atoms. The first kappa shape index (κ1) is 16.3. The molecule has 126 valence electrons. The fraction of sp³-hybridized carbons (Fsp3) is 0.368. The maximum Gasteiger partial charge on any atom is 0.339 e. The van der Waals surface area contributed by atoms with E-state index < -0.39 is 5.63 Å². The summed E-state index contributed by atoms with van der Waals surface area (Å²) in [5, 5.41) is 0. The van der Waals surface area contributed by atoms with Crippen LogP contribution in [0.1, 0.15) is 23.3 Å². The fourth-order valence-electron chi connectivity index (χ4n) is 2.83. The van der Waals surface area contributed by atoms with Crippen LogP contribution in [0.4, 0.5) is 0 Å². The number of rotatable bonds is 5. The SMILES string of the molecule is Cc1cccc(CCC(=O)N2CC(Oc3cc(C)oc(=O)c3)C2)c1. The van der Waals surface area contributed by atoms with Gasteiger partial charge in [0.05, 0.1) is 19.2 Å². The standard InChI is InChI=1S/C19H21NO4/c1-13-4-3-5-15(8-13)6-7-18(21)20-11-17(12-20)24-16-9-14(2)23-19(22)10-16/h3-5,8-10,17H,6-7,11-12H2,1-2H3. The van der Waals surface area contributed by atoms with Crippen molar-refractivity contribution in [3.8, 4) is 5.75 Å². The lowest BCUT2D eigenvalue weighted by Crippen LogP contribution is -2.56. The molecule has 1 aliphatic heterocycles. The third kappa shape index (κ3) is 4.04. The van der Waals surface area contributed by atoms with E-state index in [1.807, 2.05) is 12.1 Å². The molecule has 5 nitrogen and oxygen atoms in total. The van der Waals surface area contributed by atoms with E-state index in [1.165, 1.54) is 17.2 Å². The van der Waals surface area contributed by atoms with Crippen molar-refractivity contribution in [2.24, 2.45) is 0 Å². The number of hydrogen-bond acceptors (Lipinski definition) is 4. The van der Waals surface area contributed by atoms with Crippen molar-refractivity contribution in [1.29, 1.82) is 0 Å². The first-order valence-electron chi connectivity index (χ1n) is 8.11. The van der Waals surface area contributed by atoms with E-state index in [0.29, 0.717) is 31.0 Å². The minimum atomic E-state index is -0.421. The Hall–Kier alpha value is -2.56. The van der Waals surface area contributed by atoms with Crippen LogP contribution in [-0.4, -0.2) is 30.0 Å². The summed E-state index contributed by atoms with van der Waals surface area (Å²) in [6, 6.07) is 11.2. The number of amides is 1. The number of carbonyl (C=O) groups is 1. The topological polar surface area (TPSA) is 59.8 Å². The van der Waals surface area contributed by atoms with Crippen molar-refractivity contribution in [3.63, 3.8) is 0 Å². The van der Waals surface area contributed by atoms with E-state index in [9.17, 15) is 9.59 Å². The molecule has 1 saturated heterocycles. The van der Waals surface area contributed by atoms with Gasteiger partial charge in [-0.25, -0.2) is 4.79 Å². The number of likely N-dealkylation sites (tertiary alicyclic amines) is 1. The fourth-order valence-corrected chi connectivity index (χ4v) is 2.83.